The molecule has 5 nitrogen and oxygen atoms in total. The highest BCUT2D eigenvalue weighted by Gasteiger charge is 2.25. The Hall–Kier alpha value is -2.24. The smallest absolute Gasteiger partial charge is 0.360 e. The molecule has 106 valence electrons. The van der Waals surface area contributed by atoms with Crippen molar-refractivity contribution in [3.8, 4) is 0 Å². The van der Waals surface area contributed by atoms with Crippen molar-refractivity contribution < 1.29 is 13.9 Å². The van der Waals surface area contributed by atoms with Gasteiger partial charge in [0.25, 0.3) is 0 Å². The Morgan fingerprint density at radius 3 is 2.65 bits per heavy atom. The number of carbonyl (C=O) groups excluding carboxylic acids is 1. The number of hydrogen-bond acceptors (Lipinski definition) is 4. The number of halogens is 1. The molecule has 6 heteroatoms. The summed E-state index contributed by atoms with van der Waals surface area (Å²) in [5.74, 6) is -1.56. The van der Waals surface area contributed by atoms with Crippen LogP contribution in [0.4, 0.5) is 4.39 Å². The van der Waals surface area contributed by atoms with E-state index < -0.39 is 11.9 Å². The maximum atomic E-state index is 13.7. The summed E-state index contributed by atoms with van der Waals surface area (Å²) in [6.07, 6.45) is 2.60. The van der Waals surface area contributed by atoms with Crippen molar-refractivity contribution in [1.29, 1.82) is 0 Å². The SMILES string of the molecule is CC(C)OC(=O)c1c(F)ncn1[C@H](C)c1ccccn1. The second-order valence-electron chi connectivity index (χ2n) is 4.68. The first-order chi connectivity index (χ1) is 9.50. The average Bonchev–Trinajstić information content (AvgIpc) is 2.80. The molecule has 20 heavy (non-hydrogen) atoms. The van der Waals surface area contributed by atoms with Crippen LogP contribution in [0.1, 0.15) is 43.0 Å². The normalized spacial score (nSPS) is 12.4. The molecule has 0 saturated heterocycles. The van der Waals surface area contributed by atoms with Gasteiger partial charge in [0.1, 0.15) is 0 Å². The summed E-state index contributed by atoms with van der Waals surface area (Å²) in [6.45, 7) is 5.23. The number of pyridine rings is 1. The van der Waals surface area contributed by atoms with Crippen molar-refractivity contribution >= 4 is 5.97 Å². The molecule has 0 radical (unpaired) electrons. The largest absolute Gasteiger partial charge is 0.458 e. The lowest BCUT2D eigenvalue weighted by atomic mass is 10.2. The van der Waals surface area contributed by atoms with Crippen LogP contribution in [0.15, 0.2) is 30.7 Å². The number of rotatable bonds is 4. The molecule has 2 rings (SSSR count). The Bertz CT molecular complexity index is 596. The summed E-state index contributed by atoms with van der Waals surface area (Å²) in [7, 11) is 0. The van der Waals surface area contributed by atoms with Crippen molar-refractivity contribution in [3.63, 3.8) is 0 Å². The highest BCUT2D eigenvalue weighted by Crippen LogP contribution is 2.20. The zero-order valence-electron chi connectivity index (χ0n) is 11.6. The van der Waals surface area contributed by atoms with Crippen LogP contribution >= 0.6 is 0 Å². The van der Waals surface area contributed by atoms with Crippen LogP contribution in [-0.2, 0) is 4.74 Å². The molecule has 0 aromatic carbocycles. The lowest BCUT2D eigenvalue weighted by molar-refractivity contribution is 0.0358. The topological polar surface area (TPSA) is 57.0 Å². The van der Waals surface area contributed by atoms with Crippen LogP contribution in [0.3, 0.4) is 0 Å². The summed E-state index contributed by atoms with van der Waals surface area (Å²) in [5.41, 5.74) is 0.528. The fourth-order valence-corrected chi connectivity index (χ4v) is 1.86. The molecule has 2 heterocycles. The van der Waals surface area contributed by atoms with Gasteiger partial charge >= 0.3 is 5.97 Å². The molecule has 1 atom stereocenters. The molecule has 0 bridgehead atoms. The van der Waals surface area contributed by atoms with Gasteiger partial charge < -0.3 is 9.30 Å². The second kappa shape index (κ2) is 5.81. The standard InChI is InChI=1S/C14H16FN3O2/c1-9(2)20-14(19)12-13(15)17-8-18(12)10(3)11-6-4-5-7-16-11/h4-10H,1-3H3/t10-/m1/s1. The Morgan fingerprint density at radius 2 is 2.05 bits per heavy atom. The first kappa shape index (κ1) is 14.2. The maximum absolute atomic E-state index is 13.7. The molecule has 2 aromatic heterocycles. The summed E-state index contributed by atoms with van der Waals surface area (Å²) >= 11 is 0. The van der Waals surface area contributed by atoms with Crippen LogP contribution in [0.2, 0.25) is 0 Å². The van der Waals surface area contributed by atoms with Gasteiger partial charge in [0, 0.05) is 6.20 Å². The molecule has 0 saturated carbocycles. The minimum Gasteiger partial charge on any atom is -0.458 e. The minimum absolute atomic E-state index is 0.183. The quantitative estimate of drug-likeness (QED) is 0.806. The van der Waals surface area contributed by atoms with Gasteiger partial charge in [-0.15, -0.1) is 0 Å². The average molecular weight is 277 g/mol. The highest BCUT2D eigenvalue weighted by molar-refractivity contribution is 5.87. The van der Waals surface area contributed by atoms with E-state index in [1.54, 1.807) is 32.2 Å². The van der Waals surface area contributed by atoms with Crippen molar-refractivity contribution in [3.05, 3.63) is 48.1 Å². The molecule has 2 aromatic rings. The van der Waals surface area contributed by atoms with Crippen molar-refractivity contribution in [2.75, 3.05) is 0 Å². The third-order valence-electron chi connectivity index (χ3n) is 2.82. The van der Waals surface area contributed by atoms with Gasteiger partial charge in [-0.3, -0.25) is 4.98 Å². The first-order valence-corrected chi connectivity index (χ1v) is 6.35. The van der Waals surface area contributed by atoms with E-state index in [1.165, 1.54) is 10.9 Å². The van der Waals surface area contributed by atoms with Gasteiger partial charge in [-0.05, 0) is 32.9 Å². The Kier molecular flexibility index (Phi) is 4.12. The predicted octanol–water partition coefficient (Wildman–Crippen LogP) is 2.59. The van der Waals surface area contributed by atoms with Crippen molar-refractivity contribution in [2.45, 2.75) is 32.9 Å². The van der Waals surface area contributed by atoms with E-state index in [0.717, 1.165) is 0 Å². The third kappa shape index (κ3) is 2.84. The van der Waals surface area contributed by atoms with Gasteiger partial charge in [-0.2, -0.15) is 4.39 Å². The molecular weight excluding hydrogens is 261 g/mol. The number of nitrogens with zero attached hydrogens (tertiary/aromatic N) is 3. The molecular formula is C14H16FN3O2. The Labute approximate surface area is 116 Å². The molecule has 0 fully saturated rings. The minimum atomic E-state index is -0.835. The summed E-state index contributed by atoms with van der Waals surface area (Å²) in [5, 5.41) is 0. The molecule has 0 spiro atoms. The molecule has 0 amide bonds. The molecule has 0 aliphatic carbocycles. The Balaban J connectivity index is 2.36. The number of imidazole rings is 1. The fourth-order valence-electron chi connectivity index (χ4n) is 1.86. The zero-order chi connectivity index (χ0) is 14.7. The lowest BCUT2D eigenvalue weighted by Crippen LogP contribution is -2.19. The number of carbonyl (C=O) groups is 1. The highest BCUT2D eigenvalue weighted by atomic mass is 19.1. The van der Waals surface area contributed by atoms with E-state index in [4.69, 9.17) is 4.74 Å². The molecule has 0 aliphatic rings. The van der Waals surface area contributed by atoms with Crippen LogP contribution in [0.25, 0.3) is 0 Å². The maximum Gasteiger partial charge on any atom is 0.360 e. The van der Waals surface area contributed by atoms with Crippen LogP contribution in [-0.4, -0.2) is 26.6 Å². The van der Waals surface area contributed by atoms with Crippen LogP contribution in [0, 0.1) is 5.95 Å². The van der Waals surface area contributed by atoms with E-state index in [-0.39, 0.29) is 17.8 Å². The zero-order valence-corrected chi connectivity index (χ0v) is 11.6. The van der Waals surface area contributed by atoms with Gasteiger partial charge in [0.05, 0.1) is 24.2 Å². The van der Waals surface area contributed by atoms with E-state index in [2.05, 4.69) is 9.97 Å². The van der Waals surface area contributed by atoms with E-state index in [9.17, 15) is 9.18 Å². The monoisotopic (exact) mass is 277 g/mol. The summed E-state index contributed by atoms with van der Waals surface area (Å²) < 4.78 is 20.2. The van der Waals surface area contributed by atoms with Gasteiger partial charge in [-0.1, -0.05) is 6.07 Å². The number of hydrogen-bond donors (Lipinski definition) is 0. The van der Waals surface area contributed by atoms with Crippen molar-refractivity contribution in [2.24, 2.45) is 0 Å². The van der Waals surface area contributed by atoms with E-state index in [1.807, 2.05) is 13.0 Å². The van der Waals surface area contributed by atoms with Crippen LogP contribution < -0.4 is 0 Å². The van der Waals surface area contributed by atoms with Gasteiger partial charge in [0.15, 0.2) is 5.69 Å². The lowest BCUT2D eigenvalue weighted by Gasteiger charge is -2.16. The number of esters is 1. The van der Waals surface area contributed by atoms with Crippen molar-refractivity contribution in [1.82, 2.24) is 14.5 Å². The molecule has 0 aliphatic heterocycles. The van der Waals surface area contributed by atoms with E-state index >= 15 is 0 Å². The molecule has 0 unspecified atom stereocenters. The fraction of sp³-hybridized carbons (Fsp3) is 0.357. The number of ether oxygens (including phenoxy) is 1. The summed E-state index contributed by atoms with van der Waals surface area (Å²) in [4.78, 5) is 19.7. The van der Waals surface area contributed by atoms with Crippen LogP contribution in [0.5, 0.6) is 0 Å². The first-order valence-electron chi connectivity index (χ1n) is 6.35. The van der Waals surface area contributed by atoms with E-state index in [0.29, 0.717) is 5.69 Å². The summed E-state index contributed by atoms with van der Waals surface area (Å²) in [6, 6.07) is 5.11. The number of aromatic nitrogens is 3. The molecule has 0 N–H and O–H groups in total. The second-order valence-corrected chi connectivity index (χ2v) is 4.68. The van der Waals surface area contributed by atoms with Gasteiger partial charge in [0.2, 0.25) is 5.95 Å². The third-order valence-corrected chi connectivity index (χ3v) is 2.82. The predicted molar refractivity (Wildman–Crippen MR) is 70.8 cm³/mol. The van der Waals surface area contributed by atoms with Gasteiger partial charge in [-0.25, -0.2) is 9.78 Å². The Morgan fingerprint density at radius 1 is 1.30 bits per heavy atom.